The number of anilines is 1. The maximum Gasteiger partial charge on any atom is 0.268 e. The van der Waals surface area contributed by atoms with Gasteiger partial charge >= 0.3 is 0 Å². The molecule has 0 saturated heterocycles. The molecule has 5 heteroatoms. The second-order valence-corrected chi connectivity index (χ2v) is 5.61. The van der Waals surface area contributed by atoms with Crippen LogP contribution in [0.25, 0.3) is 11.3 Å². The SMILES string of the molecule is CC(Oc1ccccc1)C(=O)N(C)c1ccc(-c2ccccc2)nn1. The summed E-state index contributed by atoms with van der Waals surface area (Å²) in [6.07, 6.45) is -0.622. The van der Waals surface area contributed by atoms with Crippen molar-refractivity contribution in [3.63, 3.8) is 0 Å². The third kappa shape index (κ3) is 4.01. The van der Waals surface area contributed by atoms with Crippen molar-refractivity contribution in [2.45, 2.75) is 13.0 Å². The normalized spacial score (nSPS) is 11.6. The number of benzene rings is 2. The Balaban J connectivity index is 1.69. The number of rotatable bonds is 5. The fourth-order valence-corrected chi connectivity index (χ4v) is 2.41. The Morgan fingerprint density at radius 3 is 2.16 bits per heavy atom. The Kier molecular flexibility index (Phi) is 5.04. The van der Waals surface area contributed by atoms with Crippen molar-refractivity contribution < 1.29 is 9.53 Å². The molecule has 1 aromatic heterocycles. The van der Waals surface area contributed by atoms with Gasteiger partial charge in [0, 0.05) is 12.6 Å². The molecular formula is C20H19N3O2. The molecule has 0 N–H and O–H groups in total. The summed E-state index contributed by atoms with van der Waals surface area (Å²) in [4.78, 5) is 14.0. The van der Waals surface area contributed by atoms with E-state index in [4.69, 9.17) is 4.74 Å². The van der Waals surface area contributed by atoms with Crippen LogP contribution in [-0.2, 0) is 4.79 Å². The molecule has 0 aliphatic carbocycles. The van der Waals surface area contributed by atoms with Crippen molar-refractivity contribution in [2.24, 2.45) is 0 Å². The van der Waals surface area contributed by atoms with Crippen LogP contribution in [0.2, 0.25) is 0 Å². The second-order valence-electron chi connectivity index (χ2n) is 5.61. The van der Waals surface area contributed by atoms with E-state index in [0.717, 1.165) is 11.3 Å². The first-order valence-electron chi connectivity index (χ1n) is 8.03. The first-order chi connectivity index (χ1) is 12.1. The summed E-state index contributed by atoms with van der Waals surface area (Å²) >= 11 is 0. The van der Waals surface area contributed by atoms with Crippen molar-refractivity contribution in [1.29, 1.82) is 0 Å². The van der Waals surface area contributed by atoms with Crippen molar-refractivity contribution in [3.8, 4) is 17.0 Å². The molecule has 1 amide bonds. The van der Waals surface area contributed by atoms with Crippen LogP contribution in [0.15, 0.2) is 72.8 Å². The van der Waals surface area contributed by atoms with Crippen LogP contribution in [0.4, 0.5) is 5.82 Å². The average molecular weight is 333 g/mol. The van der Waals surface area contributed by atoms with Crippen LogP contribution in [0, 0.1) is 0 Å². The number of amides is 1. The number of aromatic nitrogens is 2. The first kappa shape index (κ1) is 16.6. The highest BCUT2D eigenvalue weighted by Gasteiger charge is 2.21. The maximum atomic E-state index is 12.5. The number of ether oxygens (including phenoxy) is 1. The zero-order valence-corrected chi connectivity index (χ0v) is 14.2. The molecule has 0 aliphatic rings. The molecule has 0 saturated carbocycles. The number of hydrogen-bond donors (Lipinski definition) is 0. The lowest BCUT2D eigenvalue weighted by Gasteiger charge is -2.21. The molecule has 126 valence electrons. The van der Waals surface area contributed by atoms with Gasteiger partial charge in [0.15, 0.2) is 11.9 Å². The van der Waals surface area contributed by atoms with Gasteiger partial charge in [-0.25, -0.2) is 0 Å². The monoisotopic (exact) mass is 333 g/mol. The molecule has 2 aromatic carbocycles. The van der Waals surface area contributed by atoms with Crippen LogP contribution >= 0.6 is 0 Å². The lowest BCUT2D eigenvalue weighted by atomic mass is 10.1. The fraction of sp³-hybridized carbons (Fsp3) is 0.150. The lowest BCUT2D eigenvalue weighted by Crippen LogP contribution is -2.38. The molecule has 1 atom stereocenters. The minimum absolute atomic E-state index is 0.189. The largest absolute Gasteiger partial charge is 0.481 e. The van der Waals surface area contributed by atoms with E-state index in [0.29, 0.717) is 11.6 Å². The highest BCUT2D eigenvalue weighted by Crippen LogP contribution is 2.18. The minimum atomic E-state index is -0.622. The van der Waals surface area contributed by atoms with E-state index in [2.05, 4.69) is 10.2 Å². The highest BCUT2D eigenvalue weighted by molar-refractivity contribution is 5.95. The summed E-state index contributed by atoms with van der Waals surface area (Å²) in [6, 6.07) is 22.7. The molecule has 0 radical (unpaired) electrons. The number of para-hydroxylation sites is 1. The maximum absolute atomic E-state index is 12.5. The predicted octanol–water partition coefficient (Wildman–Crippen LogP) is 3.57. The summed E-state index contributed by atoms with van der Waals surface area (Å²) in [7, 11) is 1.67. The Hall–Kier alpha value is -3.21. The Labute approximate surface area is 146 Å². The zero-order chi connectivity index (χ0) is 17.6. The predicted molar refractivity (Wildman–Crippen MR) is 97.4 cm³/mol. The third-order valence-electron chi connectivity index (χ3n) is 3.80. The summed E-state index contributed by atoms with van der Waals surface area (Å²) in [6.45, 7) is 1.72. The van der Waals surface area contributed by atoms with Crippen LogP contribution in [0.3, 0.4) is 0 Å². The summed E-state index contributed by atoms with van der Waals surface area (Å²) in [5.41, 5.74) is 1.75. The summed E-state index contributed by atoms with van der Waals surface area (Å²) < 4.78 is 5.67. The number of carbonyl (C=O) groups excluding carboxylic acids is 1. The van der Waals surface area contributed by atoms with Gasteiger partial charge < -0.3 is 4.74 Å². The summed E-state index contributed by atoms with van der Waals surface area (Å²) in [5, 5.41) is 8.38. The van der Waals surface area contributed by atoms with E-state index >= 15 is 0 Å². The number of hydrogen-bond acceptors (Lipinski definition) is 4. The van der Waals surface area contributed by atoms with Gasteiger partial charge in [0.2, 0.25) is 0 Å². The second kappa shape index (κ2) is 7.57. The molecule has 3 rings (SSSR count). The first-order valence-corrected chi connectivity index (χ1v) is 8.03. The molecular weight excluding hydrogens is 314 g/mol. The van der Waals surface area contributed by atoms with E-state index < -0.39 is 6.10 Å². The van der Waals surface area contributed by atoms with E-state index in [1.807, 2.05) is 66.7 Å². The molecule has 0 spiro atoms. The number of nitrogens with zero attached hydrogens (tertiary/aromatic N) is 3. The smallest absolute Gasteiger partial charge is 0.268 e. The van der Waals surface area contributed by atoms with Crippen molar-refractivity contribution in [3.05, 3.63) is 72.8 Å². The molecule has 0 aliphatic heterocycles. The van der Waals surface area contributed by atoms with Crippen molar-refractivity contribution in [2.75, 3.05) is 11.9 Å². The Morgan fingerprint density at radius 1 is 0.920 bits per heavy atom. The summed E-state index contributed by atoms with van der Waals surface area (Å²) in [5.74, 6) is 0.945. The van der Waals surface area contributed by atoms with Gasteiger partial charge in [0.25, 0.3) is 5.91 Å². The van der Waals surface area contributed by atoms with E-state index in [1.54, 1.807) is 20.0 Å². The quantitative estimate of drug-likeness (QED) is 0.716. The topological polar surface area (TPSA) is 55.3 Å². The molecule has 3 aromatic rings. The van der Waals surface area contributed by atoms with E-state index in [-0.39, 0.29) is 5.91 Å². The van der Waals surface area contributed by atoms with Gasteiger partial charge in [-0.2, -0.15) is 0 Å². The molecule has 0 fully saturated rings. The number of likely N-dealkylation sites (N-methyl/N-ethyl adjacent to an activating group) is 1. The van der Waals surface area contributed by atoms with Crippen LogP contribution in [0.1, 0.15) is 6.92 Å². The fourth-order valence-electron chi connectivity index (χ4n) is 2.41. The van der Waals surface area contributed by atoms with Gasteiger partial charge in [0.1, 0.15) is 5.75 Å². The van der Waals surface area contributed by atoms with E-state index in [1.165, 1.54) is 4.90 Å². The lowest BCUT2D eigenvalue weighted by molar-refractivity contribution is -0.124. The van der Waals surface area contributed by atoms with Gasteiger partial charge in [-0.15, -0.1) is 10.2 Å². The van der Waals surface area contributed by atoms with Gasteiger partial charge in [0.05, 0.1) is 5.69 Å². The molecule has 25 heavy (non-hydrogen) atoms. The van der Waals surface area contributed by atoms with Crippen LogP contribution in [0.5, 0.6) is 5.75 Å². The third-order valence-corrected chi connectivity index (χ3v) is 3.80. The molecule has 5 nitrogen and oxygen atoms in total. The van der Waals surface area contributed by atoms with Gasteiger partial charge in [-0.1, -0.05) is 48.5 Å². The Bertz CT molecular complexity index is 821. The van der Waals surface area contributed by atoms with Gasteiger partial charge in [-0.05, 0) is 31.2 Å². The van der Waals surface area contributed by atoms with Crippen molar-refractivity contribution >= 4 is 11.7 Å². The van der Waals surface area contributed by atoms with Crippen LogP contribution in [-0.4, -0.2) is 29.3 Å². The molecule has 1 heterocycles. The average Bonchev–Trinajstić information content (AvgIpc) is 2.68. The zero-order valence-electron chi connectivity index (χ0n) is 14.2. The molecule has 1 unspecified atom stereocenters. The van der Waals surface area contributed by atoms with Crippen LogP contribution < -0.4 is 9.64 Å². The number of carbonyl (C=O) groups is 1. The molecule has 0 bridgehead atoms. The Morgan fingerprint density at radius 2 is 1.56 bits per heavy atom. The van der Waals surface area contributed by atoms with Crippen molar-refractivity contribution in [1.82, 2.24) is 10.2 Å². The van der Waals surface area contributed by atoms with E-state index in [9.17, 15) is 4.79 Å². The standard InChI is InChI=1S/C20H19N3O2/c1-15(25-17-11-7-4-8-12-17)20(24)23(2)19-14-13-18(21-22-19)16-9-5-3-6-10-16/h3-15H,1-2H3. The van der Waals surface area contributed by atoms with Gasteiger partial charge in [-0.3, -0.25) is 9.69 Å². The highest BCUT2D eigenvalue weighted by atomic mass is 16.5. The minimum Gasteiger partial charge on any atom is -0.481 e.